The summed E-state index contributed by atoms with van der Waals surface area (Å²) in [4.78, 5) is 0.116. The van der Waals surface area contributed by atoms with Gasteiger partial charge in [0.1, 0.15) is 10.6 Å². The molecule has 0 saturated heterocycles. The highest BCUT2D eigenvalue weighted by Gasteiger charge is 2.20. The quantitative estimate of drug-likeness (QED) is 0.869. The van der Waals surface area contributed by atoms with Crippen molar-refractivity contribution in [2.75, 3.05) is 6.61 Å². The van der Waals surface area contributed by atoms with Gasteiger partial charge >= 0.3 is 0 Å². The second-order valence-corrected chi connectivity index (χ2v) is 7.09. The van der Waals surface area contributed by atoms with E-state index in [0.717, 1.165) is 27.8 Å². The van der Waals surface area contributed by atoms with Gasteiger partial charge in [-0.15, -0.1) is 0 Å². The third-order valence-corrected chi connectivity index (χ3v) is 4.89. The molecule has 8 heteroatoms. The Labute approximate surface area is 124 Å². The Hall–Kier alpha value is -1.38. The summed E-state index contributed by atoms with van der Waals surface area (Å²) in [5, 5.41) is 6.12. The van der Waals surface area contributed by atoms with E-state index >= 15 is 0 Å². The number of sulfonamides is 1. The van der Waals surface area contributed by atoms with Crippen molar-refractivity contribution in [1.29, 1.82) is 0 Å². The van der Waals surface area contributed by atoms with E-state index in [4.69, 9.17) is 4.74 Å². The van der Waals surface area contributed by atoms with Crippen LogP contribution in [0, 0.1) is 0 Å². The lowest BCUT2D eigenvalue weighted by Gasteiger charge is -2.10. The molecular weight excluding hydrogens is 346 g/mol. The Balaban J connectivity index is 1.83. The summed E-state index contributed by atoms with van der Waals surface area (Å²) in [7, 11) is -3.56. The second kappa shape index (κ2) is 5.19. The number of ether oxygens (including phenoxy) is 1. The zero-order valence-corrected chi connectivity index (χ0v) is 12.8. The minimum atomic E-state index is -3.56. The molecule has 0 amide bonds. The van der Waals surface area contributed by atoms with E-state index in [1.54, 1.807) is 0 Å². The maximum Gasteiger partial charge on any atom is 0.243 e. The Kier molecular flexibility index (Phi) is 3.53. The number of H-pyrrole nitrogens is 1. The highest BCUT2D eigenvalue weighted by Crippen LogP contribution is 2.33. The van der Waals surface area contributed by atoms with E-state index in [1.807, 2.05) is 12.1 Å². The molecule has 2 N–H and O–H groups in total. The predicted octanol–water partition coefficient (Wildman–Crippen LogP) is 1.59. The van der Waals surface area contributed by atoms with Crippen molar-refractivity contribution < 1.29 is 13.2 Å². The van der Waals surface area contributed by atoms with Crippen LogP contribution in [0.2, 0.25) is 0 Å². The van der Waals surface area contributed by atoms with E-state index in [0.29, 0.717) is 6.61 Å². The molecule has 1 aliphatic rings. The number of benzene rings is 1. The minimum Gasteiger partial charge on any atom is -0.493 e. The lowest BCUT2D eigenvalue weighted by atomic mass is 10.1. The molecule has 20 heavy (non-hydrogen) atoms. The molecule has 1 aliphatic heterocycles. The molecule has 1 aromatic heterocycles. The normalized spacial score (nSPS) is 14.1. The summed E-state index contributed by atoms with van der Waals surface area (Å²) in [6.07, 6.45) is 3.45. The van der Waals surface area contributed by atoms with Gasteiger partial charge in [-0.05, 0) is 17.7 Å². The van der Waals surface area contributed by atoms with Crippen molar-refractivity contribution in [3.63, 3.8) is 0 Å². The van der Waals surface area contributed by atoms with Gasteiger partial charge in [-0.2, -0.15) is 5.10 Å². The van der Waals surface area contributed by atoms with Gasteiger partial charge in [0.2, 0.25) is 10.0 Å². The number of nitrogens with one attached hydrogen (secondary N) is 2. The van der Waals surface area contributed by atoms with Crippen molar-refractivity contribution >= 4 is 26.0 Å². The van der Waals surface area contributed by atoms with Gasteiger partial charge in [0.15, 0.2) is 0 Å². The molecule has 2 heterocycles. The second-order valence-electron chi connectivity index (χ2n) is 4.41. The van der Waals surface area contributed by atoms with E-state index in [2.05, 4.69) is 30.8 Å². The molecule has 106 valence electrons. The number of fused-ring (bicyclic) bond motifs is 1. The molecule has 3 rings (SSSR count). The number of nitrogens with zero attached hydrogens (tertiary/aromatic N) is 1. The molecule has 0 atom stereocenters. The number of halogens is 1. The van der Waals surface area contributed by atoms with Crippen LogP contribution in [0.1, 0.15) is 11.1 Å². The maximum atomic E-state index is 12.0. The van der Waals surface area contributed by atoms with Gasteiger partial charge in [-0.25, -0.2) is 13.1 Å². The molecule has 1 aromatic carbocycles. The first kappa shape index (κ1) is 13.6. The summed E-state index contributed by atoms with van der Waals surface area (Å²) >= 11 is 3.43. The van der Waals surface area contributed by atoms with Crippen LogP contribution in [0.15, 0.2) is 33.9 Å². The SMILES string of the molecule is O=S(=O)(NCc1cc(Br)cc2c1OCC2)c1cn[nH]c1. The summed E-state index contributed by atoms with van der Waals surface area (Å²) in [6, 6.07) is 3.86. The van der Waals surface area contributed by atoms with Gasteiger partial charge in [0, 0.05) is 29.2 Å². The van der Waals surface area contributed by atoms with Crippen LogP contribution >= 0.6 is 15.9 Å². The van der Waals surface area contributed by atoms with Crippen molar-refractivity contribution in [3.8, 4) is 5.75 Å². The molecule has 2 aromatic rings. The fourth-order valence-corrected chi connectivity index (χ4v) is 3.58. The van der Waals surface area contributed by atoms with Gasteiger partial charge in [0.05, 0.1) is 12.8 Å². The Bertz CT molecular complexity index is 729. The van der Waals surface area contributed by atoms with Gasteiger partial charge < -0.3 is 4.74 Å². The van der Waals surface area contributed by atoms with Crippen molar-refractivity contribution in [1.82, 2.24) is 14.9 Å². The minimum absolute atomic E-state index is 0.116. The van der Waals surface area contributed by atoms with Crippen LogP contribution in [0.5, 0.6) is 5.75 Å². The number of hydrogen-bond donors (Lipinski definition) is 2. The zero-order valence-electron chi connectivity index (χ0n) is 10.4. The molecular formula is C12H12BrN3O3S. The monoisotopic (exact) mass is 357 g/mol. The molecule has 0 saturated carbocycles. The highest BCUT2D eigenvalue weighted by molar-refractivity contribution is 9.10. The Morgan fingerprint density at radius 1 is 1.45 bits per heavy atom. The van der Waals surface area contributed by atoms with Gasteiger partial charge in [-0.1, -0.05) is 15.9 Å². The topological polar surface area (TPSA) is 84.1 Å². The predicted molar refractivity (Wildman–Crippen MR) is 76.0 cm³/mol. The standard InChI is InChI=1S/C12H12BrN3O3S/c13-10-3-8-1-2-19-12(8)9(4-10)5-16-20(17,18)11-6-14-15-7-11/h3-4,6-7,16H,1-2,5H2,(H,14,15). The molecule has 0 radical (unpaired) electrons. The van der Waals surface area contributed by atoms with Gasteiger partial charge in [0.25, 0.3) is 0 Å². The molecule has 6 nitrogen and oxygen atoms in total. The van der Waals surface area contributed by atoms with E-state index in [1.165, 1.54) is 12.4 Å². The fourth-order valence-electron chi connectivity index (χ4n) is 2.12. The number of aromatic amines is 1. The molecule has 0 unspecified atom stereocenters. The Morgan fingerprint density at radius 3 is 3.05 bits per heavy atom. The average Bonchev–Trinajstić information content (AvgIpc) is 3.06. The first-order valence-corrected chi connectivity index (χ1v) is 8.26. The van der Waals surface area contributed by atoms with Crippen LogP contribution in [0.3, 0.4) is 0 Å². The number of hydrogen-bond acceptors (Lipinski definition) is 4. The first-order valence-electron chi connectivity index (χ1n) is 5.99. The summed E-state index contributed by atoms with van der Waals surface area (Å²) < 4.78 is 33.1. The first-order chi connectivity index (χ1) is 9.56. The molecule has 0 aliphatic carbocycles. The van der Waals surface area contributed by atoms with Crippen LogP contribution in [-0.2, 0) is 23.0 Å². The van der Waals surface area contributed by atoms with E-state index in [-0.39, 0.29) is 11.4 Å². The Morgan fingerprint density at radius 2 is 2.30 bits per heavy atom. The summed E-state index contributed by atoms with van der Waals surface area (Å²) in [5.41, 5.74) is 1.91. The maximum absolute atomic E-state index is 12.0. The lowest BCUT2D eigenvalue weighted by molar-refractivity contribution is 0.353. The van der Waals surface area contributed by atoms with Crippen LogP contribution in [-0.4, -0.2) is 25.2 Å². The third kappa shape index (κ3) is 2.58. The lowest BCUT2D eigenvalue weighted by Crippen LogP contribution is -2.23. The van der Waals surface area contributed by atoms with Gasteiger partial charge in [-0.3, -0.25) is 5.10 Å². The summed E-state index contributed by atoms with van der Waals surface area (Å²) in [5.74, 6) is 0.781. The zero-order chi connectivity index (χ0) is 14.2. The summed E-state index contributed by atoms with van der Waals surface area (Å²) in [6.45, 7) is 0.808. The number of rotatable bonds is 4. The van der Waals surface area contributed by atoms with Crippen LogP contribution in [0.25, 0.3) is 0 Å². The van der Waals surface area contributed by atoms with E-state index in [9.17, 15) is 8.42 Å². The van der Waals surface area contributed by atoms with Crippen molar-refractivity contribution in [3.05, 3.63) is 40.1 Å². The average molecular weight is 358 g/mol. The van der Waals surface area contributed by atoms with Crippen LogP contribution < -0.4 is 9.46 Å². The highest BCUT2D eigenvalue weighted by atomic mass is 79.9. The smallest absolute Gasteiger partial charge is 0.243 e. The largest absolute Gasteiger partial charge is 0.493 e. The molecule has 0 bridgehead atoms. The van der Waals surface area contributed by atoms with Crippen molar-refractivity contribution in [2.45, 2.75) is 17.9 Å². The fraction of sp³-hybridized carbons (Fsp3) is 0.250. The molecule has 0 spiro atoms. The van der Waals surface area contributed by atoms with Crippen LogP contribution in [0.4, 0.5) is 0 Å². The molecule has 0 fully saturated rings. The third-order valence-electron chi connectivity index (χ3n) is 3.06. The number of aromatic nitrogens is 2. The van der Waals surface area contributed by atoms with Crippen molar-refractivity contribution in [2.24, 2.45) is 0 Å². The van der Waals surface area contributed by atoms with E-state index < -0.39 is 10.0 Å².